The number of ether oxygens (including phenoxy) is 2. The third-order valence-corrected chi connectivity index (χ3v) is 11.5. The second-order valence-electron chi connectivity index (χ2n) is 16.8. The quantitative estimate of drug-likeness (QED) is 0.111. The van der Waals surface area contributed by atoms with Crippen LogP contribution >= 0.6 is 0 Å². The molecule has 3 aliphatic rings. The molecule has 0 radical (unpaired) electrons. The van der Waals surface area contributed by atoms with Gasteiger partial charge in [0, 0.05) is 32.0 Å². The summed E-state index contributed by atoms with van der Waals surface area (Å²) in [4.78, 5) is 73.1. The largest absolute Gasteiger partial charge is 0.379 e. The van der Waals surface area contributed by atoms with Crippen molar-refractivity contribution in [1.82, 2.24) is 25.8 Å². The molecule has 57 heavy (non-hydrogen) atoms. The lowest BCUT2D eigenvalue weighted by molar-refractivity contribution is -0.142. The first kappa shape index (κ1) is 44.0. The predicted molar refractivity (Wildman–Crippen MR) is 219 cm³/mol. The van der Waals surface area contributed by atoms with Crippen LogP contribution in [0.1, 0.15) is 96.6 Å². The molecule has 0 bridgehead atoms. The molecule has 4 unspecified atom stereocenters. The minimum Gasteiger partial charge on any atom is -0.379 e. The molecule has 6 atom stereocenters. The molecule has 3 saturated heterocycles. The van der Waals surface area contributed by atoms with Gasteiger partial charge in [0.05, 0.1) is 25.9 Å². The Hall–Kier alpha value is -4.13. The Kier molecular flexibility index (Phi) is 16.7. The number of morpholine rings is 1. The summed E-state index contributed by atoms with van der Waals surface area (Å²) in [6.07, 6.45) is 7.24. The Morgan fingerprint density at radius 2 is 1.47 bits per heavy atom. The van der Waals surface area contributed by atoms with Gasteiger partial charge in [0.25, 0.3) is 0 Å². The summed E-state index contributed by atoms with van der Waals surface area (Å²) < 4.78 is 10.9. The molecule has 0 aliphatic carbocycles. The first-order valence-corrected chi connectivity index (χ1v) is 21.2. The number of rotatable bonds is 23. The van der Waals surface area contributed by atoms with Crippen LogP contribution in [-0.4, -0.2) is 114 Å². The van der Waals surface area contributed by atoms with Gasteiger partial charge in [-0.05, 0) is 76.0 Å². The van der Waals surface area contributed by atoms with E-state index in [9.17, 15) is 24.0 Å². The predicted octanol–water partition coefficient (Wildman–Crippen LogP) is 4.38. The van der Waals surface area contributed by atoms with Gasteiger partial charge in [-0.3, -0.25) is 28.9 Å². The molecule has 3 heterocycles. The van der Waals surface area contributed by atoms with Crippen molar-refractivity contribution in [2.24, 2.45) is 5.92 Å². The number of benzene rings is 2. The molecule has 0 saturated carbocycles. The van der Waals surface area contributed by atoms with Crippen molar-refractivity contribution >= 4 is 29.4 Å². The number of likely N-dealkylation sites (tertiary alicyclic amines) is 1. The van der Waals surface area contributed by atoms with Gasteiger partial charge in [-0.15, -0.1) is 0 Å². The van der Waals surface area contributed by atoms with E-state index in [-0.39, 0.29) is 36.0 Å². The third-order valence-electron chi connectivity index (χ3n) is 11.5. The molecule has 2 aromatic carbocycles. The van der Waals surface area contributed by atoms with E-state index in [1.165, 1.54) is 0 Å². The van der Waals surface area contributed by atoms with Gasteiger partial charge in [0.15, 0.2) is 5.78 Å². The molecule has 0 aromatic heterocycles. The van der Waals surface area contributed by atoms with E-state index < -0.39 is 41.6 Å². The van der Waals surface area contributed by atoms with Gasteiger partial charge in [-0.25, -0.2) is 0 Å². The van der Waals surface area contributed by atoms with Crippen molar-refractivity contribution in [2.45, 2.75) is 134 Å². The second-order valence-corrected chi connectivity index (χ2v) is 16.8. The van der Waals surface area contributed by atoms with E-state index >= 15 is 0 Å². The van der Waals surface area contributed by atoms with Crippen LogP contribution in [0.25, 0.3) is 0 Å². The number of amides is 4. The van der Waals surface area contributed by atoms with Crippen LogP contribution in [0.5, 0.6) is 0 Å². The molecule has 12 nitrogen and oxygen atoms in total. The van der Waals surface area contributed by atoms with Gasteiger partial charge in [-0.1, -0.05) is 93.8 Å². The Morgan fingerprint density at radius 3 is 2.12 bits per heavy atom. The minimum atomic E-state index is -0.917. The zero-order chi connectivity index (χ0) is 40.8. The number of ketones is 1. The molecule has 2 aromatic rings. The summed E-state index contributed by atoms with van der Waals surface area (Å²) in [7, 11) is 0. The number of aryl methyl sites for hydroxylation is 1. The van der Waals surface area contributed by atoms with Gasteiger partial charge in [0.2, 0.25) is 23.6 Å². The lowest BCUT2D eigenvalue weighted by Crippen LogP contribution is -2.57. The van der Waals surface area contributed by atoms with Crippen LogP contribution in [0.15, 0.2) is 60.7 Å². The van der Waals surface area contributed by atoms with Crippen LogP contribution < -0.4 is 16.0 Å². The topological polar surface area (TPSA) is 150 Å². The summed E-state index contributed by atoms with van der Waals surface area (Å²) in [5, 5.41) is 8.94. The number of hydrogen-bond acceptors (Lipinski definition) is 8. The molecule has 12 heteroatoms. The molecule has 4 amide bonds. The summed E-state index contributed by atoms with van der Waals surface area (Å²) in [5.41, 5.74) is 1.000. The Labute approximate surface area is 339 Å². The van der Waals surface area contributed by atoms with Crippen LogP contribution in [0.3, 0.4) is 0 Å². The lowest BCUT2D eigenvalue weighted by atomic mass is 9.92. The maximum Gasteiger partial charge on any atom is 0.246 e. The molecular weight excluding hydrogens is 723 g/mol. The highest BCUT2D eigenvalue weighted by Crippen LogP contribution is 2.30. The maximum atomic E-state index is 14.3. The fraction of sp³-hybridized carbons (Fsp3) is 0.622. The Bertz CT molecular complexity index is 1610. The van der Waals surface area contributed by atoms with Crippen molar-refractivity contribution in [3.05, 3.63) is 71.8 Å². The summed E-state index contributed by atoms with van der Waals surface area (Å²) in [6, 6.07) is 15.5. The fourth-order valence-electron chi connectivity index (χ4n) is 8.02. The van der Waals surface area contributed by atoms with Crippen molar-refractivity contribution < 1.29 is 33.4 Å². The zero-order valence-electron chi connectivity index (χ0n) is 34.5. The Morgan fingerprint density at radius 1 is 0.842 bits per heavy atom. The monoisotopic (exact) mass is 787 g/mol. The normalized spacial score (nSPS) is 22.5. The summed E-state index contributed by atoms with van der Waals surface area (Å²) in [6.45, 7) is 12.6. The molecule has 0 spiro atoms. The number of nitrogens with zero attached hydrogens (tertiary/aromatic N) is 2. The highest BCUT2D eigenvalue weighted by molar-refractivity contribution is 5.99. The minimum absolute atomic E-state index is 0.132. The number of Topliss-reactive ketones (excluding diaryl/α,β-unsaturated/α-hetero) is 1. The average molecular weight is 788 g/mol. The second kappa shape index (κ2) is 21.6. The van der Waals surface area contributed by atoms with Crippen molar-refractivity contribution in [1.29, 1.82) is 0 Å². The number of epoxide rings is 1. The highest BCUT2D eigenvalue weighted by atomic mass is 16.6. The molecule has 312 valence electrons. The van der Waals surface area contributed by atoms with Gasteiger partial charge < -0.3 is 30.3 Å². The van der Waals surface area contributed by atoms with Crippen LogP contribution in [0.4, 0.5) is 0 Å². The third kappa shape index (κ3) is 13.5. The molecule has 5 rings (SSSR count). The van der Waals surface area contributed by atoms with Gasteiger partial charge >= 0.3 is 0 Å². The van der Waals surface area contributed by atoms with Crippen LogP contribution in [0.2, 0.25) is 0 Å². The zero-order valence-corrected chi connectivity index (χ0v) is 34.5. The van der Waals surface area contributed by atoms with E-state index in [0.717, 1.165) is 76.1 Å². The number of hydrogen-bond donors (Lipinski definition) is 3. The van der Waals surface area contributed by atoms with Crippen molar-refractivity contribution in [3.63, 3.8) is 0 Å². The van der Waals surface area contributed by atoms with Gasteiger partial charge in [0.1, 0.15) is 23.7 Å². The van der Waals surface area contributed by atoms with Crippen LogP contribution in [-0.2, 0) is 46.3 Å². The van der Waals surface area contributed by atoms with Crippen molar-refractivity contribution in [2.75, 3.05) is 39.5 Å². The fourth-order valence-corrected chi connectivity index (χ4v) is 8.02. The van der Waals surface area contributed by atoms with E-state index in [2.05, 4.69) is 20.9 Å². The first-order chi connectivity index (χ1) is 27.4. The molecular formula is C45H65N5O7. The molecule has 3 fully saturated rings. The number of nitrogens with one attached hydrogen (secondary N) is 3. The average Bonchev–Trinajstić information content (AvgIpc) is 3.90. The van der Waals surface area contributed by atoms with Crippen molar-refractivity contribution in [3.8, 4) is 0 Å². The first-order valence-electron chi connectivity index (χ1n) is 21.2. The van der Waals surface area contributed by atoms with Crippen LogP contribution in [0, 0.1) is 5.92 Å². The van der Waals surface area contributed by atoms with E-state index in [0.29, 0.717) is 38.7 Å². The summed E-state index contributed by atoms with van der Waals surface area (Å²) >= 11 is 0. The van der Waals surface area contributed by atoms with E-state index in [1.807, 2.05) is 81.4 Å². The Balaban J connectivity index is 1.21. The molecule has 3 N–H and O–H groups in total. The van der Waals surface area contributed by atoms with E-state index in [4.69, 9.17) is 9.47 Å². The number of carbonyl (C=O) groups is 5. The highest BCUT2D eigenvalue weighted by Gasteiger charge is 2.51. The number of unbranched alkanes of at least 4 members (excludes halogenated alkanes) is 4. The standard InChI is InChI=1S/C45H65N5O7/c1-32(2)28-37(41(52)45(4)31-57-45)47-43(54)39(30-35-18-12-9-13-19-35)50-33(3)29-38(44(50)55)48-42(53)36(22-21-34-16-10-8-11-17-34)46-40(51)20-14-6-5-7-15-23-49-24-26-56-27-25-49/h8-13,16-19,32-33,36-39H,5-7,14-15,20-31H2,1-4H3,(H,46,51)(H,47,54)(H,48,53)/t33?,36-,37?,38?,39-,45?/m0/s1. The SMILES string of the molecule is CC(C)CC(NC(=O)[C@H](Cc1ccccc1)N1C(=O)C(NC(=O)[C@H](CCc2ccccc2)NC(=O)CCCCCCCN2CCOCC2)CC1C)C(=O)C1(C)CO1. The smallest absolute Gasteiger partial charge is 0.246 e. The number of carbonyl (C=O) groups excluding carboxylic acids is 5. The maximum absolute atomic E-state index is 14.3. The van der Waals surface area contributed by atoms with E-state index in [1.54, 1.807) is 11.8 Å². The molecule has 3 aliphatic heterocycles. The summed E-state index contributed by atoms with van der Waals surface area (Å²) in [5.74, 6) is -1.42. The van der Waals surface area contributed by atoms with Gasteiger partial charge in [-0.2, -0.15) is 0 Å². The lowest BCUT2D eigenvalue weighted by Gasteiger charge is -2.33.